The van der Waals surface area contributed by atoms with Gasteiger partial charge in [-0.15, -0.1) is 0 Å². The summed E-state index contributed by atoms with van der Waals surface area (Å²) >= 11 is 0. The zero-order valence-corrected chi connectivity index (χ0v) is 14.6. The van der Waals surface area contributed by atoms with E-state index in [-0.39, 0.29) is 29.6 Å². The molecule has 6 rings (SSSR count). The minimum absolute atomic E-state index is 0.0787. The molecule has 3 nitrogen and oxygen atoms in total. The lowest BCUT2D eigenvalue weighted by Crippen LogP contribution is -2.44. The monoisotopic (exact) mass is 340 g/mol. The van der Waals surface area contributed by atoms with Crippen molar-refractivity contribution in [2.75, 3.05) is 5.32 Å². The lowest BCUT2D eigenvalue weighted by Gasteiger charge is -2.49. The number of carbonyl (C=O) groups is 1. The lowest BCUT2D eigenvalue weighted by atomic mass is 9.54. The van der Waals surface area contributed by atoms with Gasteiger partial charge in [0, 0.05) is 18.0 Å². The van der Waals surface area contributed by atoms with E-state index in [1.807, 2.05) is 12.1 Å². The molecule has 128 valence electrons. The molecule has 0 aliphatic heterocycles. The van der Waals surface area contributed by atoms with Crippen molar-refractivity contribution in [1.82, 2.24) is 4.98 Å². The van der Waals surface area contributed by atoms with Gasteiger partial charge in [-0.1, -0.05) is 55.5 Å². The van der Waals surface area contributed by atoms with Gasteiger partial charge >= 0.3 is 0 Å². The molecule has 1 N–H and O–H groups in total. The summed E-state index contributed by atoms with van der Waals surface area (Å²) in [5.74, 6) is 0.645. The zero-order chi connectivity index (χ0) is 17.7. The molecule has 26 heavy (non-hydrogen) atoms. The highest BCUT2D eigenvalue weighted by atomic mass is 16.1. The van der Waals surface area contributed by atoms with Gasteiger partial charge in [0.2, 0.25) is 5.91 Å². The third-order valence-corrected chi connectivity index (χ3v) is 6.02. The molecule has 3 aliphatic carbocycles. The Morgan fingerprint density at radius 1 is 0.846 bits per heavy atom. The van der Waals surface area contributed by atoms with Gasteiger partial charge in [-0.05, 0) is 40.3 Å². The van der Waals surface area contributed by atoms with Crippen molar-refractivity contribution < 1.29 is 4.79 Å². The Kier molecular flexibility index (Phi) is 3.42. The van der Waals surface area contributed by atoms with Crippen LogP contribution in [-0.2, 0) is 4.79 Å². The molecular weight excluding hydrogens is 320 g/mol. The number of benzene rings is 2. The Labute approximate surface area is 153 Å². The molecule has 0 radical (unpaired) electrons. The number of aromatic nitrogens is 1. The highest BCUT2D eigenvalue weighted by molar-refractivity contribution is 5.94. The molecule has 2 bridgehead atoms. The molecular formula is C23H20N2O. The van der Waals surface area contributed by atoms with Crippen molar-refractivity contribution in [3.8, 4) is 0 Å². The first-order valence-electron chi connectivity index (χ1n) is 9.14. The number of carbonyl (C=O) groups excluding carboxylic acids is 1. The molecule has 2 atom stereocenters. The van der Waals surface area contributed by atoms with Crippen LogP contribution in [0.25, 0.3) is 0 Å². The molecule has 1 amide bonds. The van der Waals surface area contributed by atoms with Crippen molar-refractivity contribution in [3.05, 3.63) is 95.3 Å². The quantitative estimate of drug-likeness (QED) is 0.743. The average Bonchev–Trinajstić information content (AvgIpc) is 2.68. The molecule has 3 aromatic rings. The molecule has 3 heteroatoms. The van der Waals surface area contributed by atoms with Crippen LogP contribution in [-0.4, -0.2) is 10.9 Å². The minimum atomic E-state index is -0.0787. The second-order valence-electron chi connectivity index (χ2n) is 7.33. The van der Waals surface area contributed by atoms with E-state index < -0.39 is 0 Å². The summed E-state index contributed by atoms with van der Waals surface area (Å²) in [7, 11) is 0. The first kappa shape index (κ1) is 15.3. The summed E-state index contributed by atoms with van der Waals surface area (Å²) in [6, 6.07) is 21.0. The number of rotatable bonds is 2. The van der Waals surface area contributed by atoms with Gasteiger partial charge in [0.05, 0.1) is 17.8 Å². The normalized spacial score (nSPS) is 25.3. The Hall–Kier alpha value is -2.94. The number of fused-ring (bicyclic) bond motifs is 1. The standard InChI is InChI=1S/C23H20N2O/c1-14-20-16-8-2-4-10-18(16)22(19-11-5-3-9-17(19)20)21(14)23(26)25-15-7-6-12-24-13-15/h2-14,20-22H,1H3,(H,25,26). The Bertz CT molecular complexity index is 935. The van der Waals surface area contributed by atoms with Crippen LogP contribution in [0.3, 0.4) is 0 Å². The number of pyridine rings is 1. The van der Waals surface area contributed by atoms with Crippen molar-refractivity contribution in [2.45, 2.75) is 18.8 Å². The summed E-state index contributed by atoms with van der Waals surface area (Å²) in [6.07, 6.45) is 3.42. The van der Waals surface area contributed by atoms with E-state index in [2.05, 4.69) is 65.8 Å². The number of nitrogens with one attached hydrogen (secondary N) is 1. The third kappa shape index (κ3) is 2.13. The fourth-order valence-electron chi connectivity index (χ4n) is 5.01. The second-order valence-corrected chi connectivity index (χ2v) is 7.33. The summed E-state index contributed by atoms with van der Waals surface area (Å²) in [5, 5.41) is 3.09. The number of anilines is 1. The maximum atomic E-state index is 13.2. The third-order valence-electron chi connectivity index (χ3n) is 6.02. The van der Waals surface area contributed by atoms with Crippen LogP contribution in [0.2, 0.25) is 0 Å². The number of amides is 1. The topological polar surface area (TPSA) is 42.0 Å². The molecule has 1 heterocycles. The summed E-state index contributed by atoms with van der Waals surface area (Å²) in [4.78, 5) is 17.4. The van der Waals surface area contributed by atoms with Gasteiger partial charge in [0.25, 0.3) is 0 Å². The molecule has 2 aromatic carbocycles. The van der Waals surface area contributed by atoms with Gasteiger partial charge in [0.1, 0.15) is 0 Å². The molecule has 1 aromatic heterocycles. The number of nitrogens with zero attached hydrogens (tertiary/aromatic N) is 1. The number of hydrogen-bond donors (Lipinski definition) is 1. The van der Waals surface area contributed by atoms with Gasteiger partial charge < -0.3 is 5.32 Å². The molecule has 0 saturated carbocycles. The van der Waals surface area contributed by atoms with Crippen LogP contribution in [0.5, 0.6) is 0 Å². The fourth-order valence-corrected chi connectivity index (χ4v) is 5.01. The van der Waals surface area contributed by atoms with Gasteiger partial charge in [0.15, 0.2) is 0 Å². The molecule has 0 spiro atoms. The Morgan fingerprint density at radius 2 is 1.42 bits per heavy atom. The van der Waals surface area contributed by atoms with E-state index in [0.717, 1.165) is 5.69 Å². The molecule has 2 unspecified atom stereocenters. The van der Waals surface area contributed by atoms with Gasteiger partial charge in [-0.3, -0.25) is 9.78 Å². The first-order valence-corrected chi connectivity index (χ1v) is 9.14. The van der Waals surface area contributed by atoms with Crippen LogP contribution in [0.15, 0.2) is 73.1 Å². The molecule has 0 fully saturated rings. The first-order chi connectivity index (χ1) is 12.8. The van der Waals surface area contributed by atoms with Crippen LogP contribution >= 0.6 is 0 Å². The van der Waals surface area contributed by atoms with E-state index in [1.54, 1.807) is 12.4 Å². The average molecular weight is 340 g/mol. The zero-order valence-electron chi connectivity index (χ0n) is 14.6. The van der Waals surface area contributed by atoms with Crippen LogP contribution in [0.4, 0.5) is 5.69 Å². The molecule has 0 saturated heterocycles. The highest BCUT2D eigenvalue weighted by Gasteiger charge is 2.50. The Morgan fingerprint density at radius 3 is 1.96 bits per heavy atom. The minimum Gasteiger partial charge on any atom is -0.324 e. The smallest absolute Gasteiger partial charge is 0.228 e. The summed E-state index contributed by atoms with van der Waals surface area (Å²) in [6.45, 7) is 2.22. The number of hydrogen-bond acceptors (Lipinski definition) is 2. The van der Waals surface area contributed by atoms with Crippen LogP contribution in [0, 0.1) is 11.8 Å². The lowest BCUT2D eigenvalue weighted by molar-refractivity contribution is -0.122. The van der Waals surface area contributed by atoms with E-state index >= 15 is 0 Å². The second kappa shape index (κ2) is 5.80. The van der Waals surface area contributed by atoms with Crippen molar-refractivity contribution >= 4 is 11.6 Å². The largest absolute Gasteiger partial charge is 0.324 e. The van der Waals surface area contributed by atoms with Crippen molar-refractivity contribution in [2.24, 2.45) is 11.8 Å². The van der Waals surface area contributed by atoms with Crippen LogP contribution in [0.1, 0.15) is 41.0 Å². The maximum absolute atomic E-state index is 13.2. The molecule has 3 aliphatic rings. The van der Waals surface area contributed by atoms with Gasteiger partial charge in [-0.2, -0.15) is 0 Å². The highest BCUT2D eigenvalue weighted by Crippen LogP contribution is 2.58. The van der Waals surface area contributed by atoms with E-state index in [1.165, 1.54) is 22.3 Å². The predicted octanol–water partition coefficient (Wildman–Crippen LogP) is 4.56. The summed E-state index contributed by atoms with van der Waals surface area (Å²) < 4.78 is 0. The fraction of sp³-hybridized carbons (Fsp3) is 0.217. The van der Waals surface area contributed by atoms with E-state index in [9.17, 15) is 4.79 Å². The van der Waals surface area contributed by atoms with Crippen LogP contribution < -0.4 is 5.32 Å². The maximum Gasteiger partial charge on any atom is 0.228 e. The predicted molar refractivity (Wildman–Crippen MR) is 102 cm³/mol. The Balaban J connectivity index is 1.61. The van der Waals surface area contributed by atoms with Crippen molar-refractivity contribution in [1.29, 1.82) is 0 Å². The van der Waals surface area contributed by atoms with Gasteiger partial charge in [-0.25, -0.2) is 0 Å². The van der Waals surface area contributed by atoms with Crippen molar-refractivity contribution in [3.63, 3.8) is 0 Å². The SMILES string of the molecule is CC1C2c3ccccc3C(c3ccccc32)C1C(=O)Nc1cccnc1. The summed E-state index contributed by atoms with van der Waals surface area (Å²) in [5.41, 5.74) is 6.14. The van der Waals surface area contributed by atoms with E-state index in [0.29, 0.717) is 0 Å². The van der Waals surface area contributed by atoms with E-state index in [4.69, 9.17) is 0 Å².